The van der Waals surface area contributed by atoms with Crippen LogP contribution in [0.25, 0.3) is 0 Å². The van der Waals surface area contributed by atoms with E-state index in [0.717, 1.165) is 11.1 Å². The van der Waals surface area contributed by atoms with Crippen molar-refractivity contribution in [3.8, 4) is 0 Å². The average Bonchev–Trinajstić information content (AvgIpc) is 3.00. The molecule has 2 atom stereocenters. The lowest BCUT2D eigenvalue weighted by atomic mass is 10.0. The number of carbonyl (C=O) groups excluding carboxylic acids is 1. The van der Waals surface area contributed by atoms with Gasteiger partial charge in [0.25, 0.3) is 0 Å². The lowest BCUT2D eigenvalue weighted by Crippen LogP contribution is -2.18. The van der Waals surface area contributed by atoms with Crippen LogP contribution in [0.3, 0.4) is 0 Å². The van der Waals surface area contributed by atoms with Crippen LogP contribution in [0.15, 0.2) is 59.6 Å². The van der Waals surface area contributed by atoms with Crippen molar-refractivity contribution < 1.29 is 14.6 Å². The van der Waals surface area contributed by atoms with E-state index in [1.165, 1.54) is 6.92 Å². The molecule has 0 aliphatic carbocycles. The third kappa shape index (κ3) is 2.78. The van der Waals surface area contributed by atoms with Gasteiger partial charge in [-0.2, -0.15) is 0 Å². The Morgan fingerprint density at radius 2 is 1.82 bits per heavy atom. The van der Waals surface area contributed by atoms with E-state index in [4.69, 9.17) is 4.74 Å². The molecule has 1 aliphatic rings. The highest BCUT2D eigenvalue weighted by atomic mass is 16.5. The Labute approximate surface area is 129 Å². The van der Waals surface area contributed by atoms with E-state index in [9.17, 15) is 9.90 Å². The number of aliphatic hydroxyl groups excluding tert-OH is 1. The molecule has 0 saturated heterocycles. The Kier molecular flexibility index (Phi) is 4.02. The quantitative estimate of drug-likeness (QED) is 0.882. The van der Waals surface area contributed by atoms with Gasteiger partial charge in [-0.15, -0.1) is 0 Å². The van der Waals surface area contributed by atoms with Gasteiger partial charge in [-0.1, -0.05) is 42.5 Å². The number of hydrogen-bond donors (Lipinski definition) is 1. The zero-order chi connectivity index (χ0) is 15.5. The van der Waals surface area contributed by atoms with Gasteiger partial charge in [0, 0.05) is 11.1 Å². The number of aliphatic hydroxyl groups is 1. The first-order valence-electron chi connectivity index (χ1n) is 7.20. The van der Waals surface area contributed by atoms with Crippen molar-refractivity contribution in [1.29, 1.82) is 0 Å². The molecular weight excluding hydrogens is 278 g/mol. The molecule has 4 heteroatoms. The van der Waals surface area contributed by atoms with Gasteiger partial charge in [0.1, 0.15) is 6.04 Å². The SMILES string of the molecule is CC(=O)c1ccc(C2OC(c3ccccc3)=NC2CO)cc1. The first-order chi connectivity index (χ1) is 10.7. The normalized spacial score (nSPS) is 20.4. The molecule has 2 aromatic rings. The summed E-state index contributed by atoms with van der Waals surface area (Å²) in [5.74, 6) is 0.569. The van der Waals surface area contributed by atoms with E-state index in [-0.39, 0.29) is 24.5 Å². The summed E-state index contributed by atoms with van der Waals surface area (Å²) in [5, 5.41) is 9.56. The maximum absolute atomic E-state index is 11.3. The highest BCUT2D eigenvalue weighted by Gasteiger charge is 2.32. The Morgan fingerprint density at radius 1 is 1.14 bits per heavy atom. The minimum atomic E-state index is -0.335. The van der Waals surface area contributed by atoms with E-state index in [1.54, 1.807) is 12.1 Å². The molecule has 1 aliphatic heterocycles. The Hall–Kier alpha value is -2.46. The van der Waals surface area contributed by atoms with Gasteiger partial charge >= 0.3 is 0 Å². The van der Waals surface area contributed by atoms with Crippen LogP contribution in [0, 0.1) is 0 Å². The van der Waals surface area contributed by atoms with Crippen LogP contribution in [0.5, 0.6) is 0 Å². The van der Waals surface area contributed by atoms with Crippen molar-refractivity contribution >= 4 is 11.7 Å². The zero-order valence-electron chi connectivity index (χ0n) is 12.3. The first kappa shape index (κ1) is 14.5. The van der Waals surface area contributed by atoms with Crippen LogP contribution in [0.4, 0.5) is 0 Å². The zero-order valence-corrected chi connectivity index (χ0v) is 12.3. The molecule has 0 amide bonds. The van der Waals surface area contributed by atoms with Crippen molar-refractivity contribution in [3.63, 3.8) is 0 Å². The highest BCUT2D eigenvalue weighted by Crippen LogP contribution is 2.31. The maximum atomic E-state index is 11.3. The number of carbonyl (C=O) groups is 1. The molecule has 0 spiro atoms. The summed E-state index contributed by atoms with van der Waals surface area (Å²) in [6.45, 7) is 1.45. The molecule has 22 heavy (non-hydrogen) atoms. The highest BCUT2D eigenvalue weighted by molar-refractivity contribution is 5.95. The van der Waals surface area contributed by atoms with Gasteiger partial charge in [-0.05, 0) is 24.6 Å². The summed E-state index contributed by atoms with van der Waals surface area (Å²) in [4.78, 5) is 15.8. The lowest BCUT2D eigenvalue weighted by molar-refractivity contribution is 0.101. The topological polar surface area (TPSA) is 58.9 Å². The molecule has 112 valence electrons. The van der Waals surface area contributed by atoms with Crippen LogP contribution in [0.1, 0.15) is 34.5 Å². The third-order valence-corrected chi connectivity index (χ3v) is 3.72. The molecule has 0 saturated carbocycles. The van der Waals surface area contributed by atoms with Gasteiger partial charge in [-0.3, -0.25) is 4.79 Å². The first-order valence-corrected chi connectivity index (χ1v) is 7.20. The fourth-order valence-corrected chi connectivity index (χ4v) is 2.51. The van der Waals surface area contributed by atoms with E-state index in [0.29, 0.717) is 11.5 Å². The predicted molar refractivity (Wildman–Crippen MR) is 84.1 cm³/mol. The summed E-state index contributed by atoms with van der Waals surface area (Å²) in [7, 11) is 0. The Balaban J connectivity index is 1.85. The standard InChI is InChI=1S/C18H17NO3/c1-12(21)13-7-9-14(10-8-13)17-16(11-20)19-18(22-17)15-5-3-2-4-6-15/h2-10,16-17,20H,11H2,1H3. The van der Waals surface area contributed by atoms with Crippen LogP contribution < -0.4 is 0 Å². The van der Waals surface area contributed by atoms with Crippen molar-refractivity contribution in [2.75, 3.05) is 6.61 Å². The molecular formula is C18H17NO3. The minimum absolute atomic E-state index is 0.0267. The summed E-state index contributed by atoms with van der Waals surface area (Å²) in [5.41, 5.74) is 2.45. The van der Waals surface area contributed by atoms with Crippen molar-refractivity contribution in [3.05, 3.63) is 71.3 Å². The molecule has 2 unspecified atom stereocenters. The molecule has 0 radical (unpaired) electrons. The van der Waals surface area contributed by atoms with Gasteiger partial charge in [0.05, 0.1) is 6.61 Å². The number of nitrogens with zero attached hydrogens (tertiary/aromatic N) is 1. The maximum Gasteiger partial charge on any atom is 0.217 e. The number of Topliss-reactive ketones (excluding diaryl/α,β-unsaturated/α-hetero) is 1. The number of ether oxygens (including phenoxy) is 1. The van der Waals surface area contributed by atoms with E-state index in [1.807, 2.05) is 42.5 Å². The summed E-state index contributed by atoms with van der Waals surface area (Å²) < 4.78 is 5.94. The van der Waals surface area contributed by atoms with E-state index in [2.05, 4.69) is 4.99 Å². The fraction of sp³-hybridized carbons (Fsp3) is 0.222. The second-order valence-electron chi connectivity index (χ2n) is 5.27. The molecule has 0 aromatic heterocycles. The molecule has 1 heterocycles. The molecule has 1 N–H and O–H groups in total. The number of benzene rings is 2. The molecule has 0 fully saturated rings. The Morgan fingerprint density at radius 3 is 2.41 bits per heavy atom. The predicted octanol–water partition coefficient (Wildman–Crippen LogP) is 2.77. The van der Waals surface area contributed by atoms with Gasteiger partial charge in [0.15, 0.2) is 11.9 Å². The van der Waals surface area contributed by atoms with Gasteiger partial charge in [-0.25, -0.2) is 4.99 Å². The minimum Gasteiger partial charge on any atom is -0.467 e. The smallest absolute Gasteiger partial charge is 0.217 e. The van der Waals surface area contributed by atoms with Crippen molar-refractivity contribution in [2.45, 2.75) is 19.1 Å². The van der Waals surface area contributed by atoms with Crippen molar-refractivity contribution in [2.24, 2.45) is 4.99 Å². The number of hydrogen-bond acceptors (Lipinski definition) is 4. The molecule has 2 aromatic carbocycles. The molecule has 4 nitrogen and oxygen atoms in total. The van der Waals surface area contributed by atoms with Crippen molar-refractivity contribution in [1.82, 2.24) is 0 Å². The third-order valence-electron chi connectivity index (χ3n) is 3.72. The number of aliphatic imine (C=N–C) groups is 1. The summed E-state index contributed by atoms with van der Waals surface area (Å²) in [6.07, 6.45) is -0.332. The fourth-order valence-electron chi connectivity index (χ4n) is 2.51. The number of ketones is 1. The Bertz CT molecular complexity index is 692. The lowest BCUT2D eigenvalue weighted by Gasteiger charge is -2.16. The average molecular weight is 295 g/mol. The molecule has 0 bridgehead atoms. The van der Waals surface area contributed by atoms with Gasteiger partial charge in [0.2, 0.25) is 5.90 Å². The van der Waals surface area contributed by atoms with E-state index >= 15 is 0 Å². The van der Waals surface area contributed by atoms with E-state index < -0.39 is 0 Å². The largest absolute Gasteiger partial charge is 0.467 e. The van der Waals surface area contributed by atoms with Crippen LogP contribution in [-0.4, -0.2) is 29.4 Å². The van der Waals surface area contributed by atoms with Gasteiger partial charge < -0.3 is 9.84 Å². The monoisotopic (exact) mass is 295 g/mol. The van der Waals surface area contributed by atoms with Crippen LogP contribution >= 0.6 is 0 Å². The molecule has 3 rings (SSSR count). The number of rotatable bonds is 4. The second-order valence-corrected chi connectivity index (χ2v) is 5.27. The summed E-state index contributed by atoms with van der Waals surface area (Å²) in [6, 6.07) is 16.5. The second kappa shape index (κ2) is 6.12. The summed E-state index contributed by atoms with van der Waals surface area (Å²) >= 11 is 0. The van der Waals surface area contributed by atoms with Crippen LogP contribution in [0.2, 0.25) is 0 Å². The van der Waals surface area contributed by atoms with Crippen LogP contribution in [-0.2, 0) is 4.74 Å².